The SMILES string of the molecule is CC(C)(CCSc1ccncc1)C(=N)N. The average molecular weight is 223 g/mol. The quantitative estimate of drug-likeness (QED) is 0.458. The van der Waals surface area contributed by atoms with Gasteiger partial charge < -0.3 is 5.73 Å². The Morgan fingerprint density at radius 1 is 1.47 bits per heavy atom. The number of aromatic nitrogens is 1. The summed E-state index contributed by atoms with van der Waals surface area (Å²) >= 11 is 1.77. The molecule has 1 heterocycles. The molecule has 3 nitrogen and oxygen atoms in total. The largest absolute Gasteiger partial charge is 0.387 e. The summed E-state index contributed by atoms with van der Waals surface area (Å²) in [7, 11) is 0. The first kappa shape index (κ1) is 12.0. The zero-order valence-electron chi connectivity index (χ0n) is 9.16. The number of amidine groups is 1. The van der Waals surface area contributed by atoms with E-state index in [1.54, 1.807) is 24.2 Å². The maximum absolute atomic E-state index is 7.44. The second kappa shape index (κ2) is 5.16. The van der Waals surface area contributed by atoms with Crippen LogP contribution in [0.2, 0.25) is 0 Å². The second-order valence-electron chi connectivity index (χ2n) is 4.08. The summed E-state index contributed by atoms with van der Waals surface area (Å²) in [6, 6.07) is 3.98. The van der Waals surface area contributed by atoms with Crippen LogP contribution in [0.25, 0.3) is 0 Å². The number of nitrogens with zero attached hydrogens (tertiary/aromatic N) is 1. The van der Waals surface area contributed by atoms with Crippen molar-refractivity contribution >= 4 is 17.6 Å². The van der Waals surface area contributed by atoms with Gasteiger partial charge in [0.05, 0.1) is 5.84 Å². The van der Waals surface area contributed by atoms with Gasteiger partial charge in [0.1, 0.15) is 0 Å². The summed E-state index contributed by atoms with van der Waals surface area (Å²) in [6.45, 7) is 4.00. The lowest BCUT2D eigenvalue weighted by Gasteiger charge is -2.22. The van der Waals surface area contributed by atoms with Gasteiger partial charge in [-0.25, -0.2) is 0 Å². The zero-order chi connectivity index (χ0) is 11.3. The lowest BCUT2D eigenvalue weighted by atomic mass is 9.89. The van der Waals surface area contributed by atoms with E-state index in [0.717, 1.165) is 12.2 Å². The fourth-order valence-corrected chi connectivity index (χ4v) is 2.16. The highest BCUT2D eigenvalue weighted by molar-refractivity contribution is 7.99. The fourth-order valence-electron chi connectivity index (χ4n) is 0.993. The normalized spacial score (nSPS) is 11.3. The van der Waals surface area contributed by atoms with Crippen molar-refractivity contribution in [3.05, 3.63) is 24.5 Å². The number of hydrogen-bond acceptors (Lipinski definition) is 3. The fraction of sp³-hybridized carbons (Fsp3) is 0.455. The topological polar surface area (TPSA) is 62.8 Å². The van der Waals surface area contributed by atoms with E-state index in [1.165, 1.54) is 4.90 Å². The number of thioether (sulfide) groups is 1. The minimum atomic E-state index is -0.194. The molecule has 0 radical (unpaired) electrons. The highest BCUT2D eigenvalue weighted by Crippen LogP contribution is 2.25. The zero-order valence-corrected chi connectivity index (χ0v) is 9.97. The van der Waals surface area contributed by atoms with Crippen molar-refractivity contribution < 1.29 is 0 Å². The maximum Gasteiger partial charge on any atom is 0.0963 e. The van der Waals surface area contributed by atoms with Crippen LogP contribution in [0.3, 0.4) is 0 Å². The molecule has 82 valence electrons. The first-order valence-electron chi connectivity index (χ1n) is 4.90. The molecular formula is C11H17N3S. The molecule has 1 aromatic heterocycles. The molecule has 0 unspecified atom stereocenters. The summed E-state index contributed by atoms with van der Waals surface area (Å²) in [5.41, 5.74) is 5.32. The number of pyridine rings is 1. The van der Waals surface area contributed by atoms with Crippen molar-refractivity contribution in [3.8, 4) is 0 Å². The second-order valence-corrected chi connectivity index (χ2v) is 5.25. The van der Waals surface area contributed by atoms with Crippen molar-refractivity contribution in [1.29, 1.82) is 5.41 Å². The summed E-state index contributed by atoms with van der Waals surface area (Å²) in [5.74, 6) is 1.23. The van der Waals surface area contributed by atoms with E-state index in [9.17, 15) is 0 Å². The molecule has 0 aliphatic rings. The molecule has 1 aromatic rings. The average Bonchev–Trinajstić information content (AvgIpc) is 2.19. The highest BCUT2D eigenvalue weighted by Gasteiger charge is 2.20. The predicted molar refractivity (Wildman–Crippen MR) is 65.3 cm³/mol. The molecule has 0 aliphatic carbocycles. The van der Waals surface area contributed by atoms with Gasteiger partial charge in [0.2, 0.25) is 0 Å². The van der Waals surface area contributed by atoms with E-state index in [1.807, 2.05) is 26.0 Å². The standard InChI is InChI=1S/C11H17N3S/c1-11(2,10(12)13)5-8-15-9-3-6-14-7-4-9/h3-4,6-7H,5,8H2,1-2H3,(H3,12,13). The van der Waals surface area contributed by atoms with Gasteiger partial charge in [0.15, 0.2) is 0 Å². The molecule has 0 fully saturated rings. The number of nitrogens with one attached hydrogen (secondary N) is 1. The molecule has 4 heteroatoms. The van der Waals surface area contributed by atoms with Gasteiger partial charge in [-0.3, -0.25) is 10.4 Å². The van der Waals surface area contributed by atoms with Gasteiger partial charge in [-0.15, -0.1) is 11.8 Å². The predicted octanol–water partition coefficient (Wildman–Crippen LogP) is 2.53. The number of rotatable bonds is 5. The van der Waals surface area contributed by atoms with Crippen molar-refractivity contribution in [3.63, 3.8) is 0 Å². The molecule has 3 N–H and O–H groups in total. The first-order valence-corrected chi connectivity index (χ1v) is 5.88. The Kier molecular flexibility index (Phi) is 4.15. The summed E-state index contributed by atoms with van der Waals surface area (Å²) < 4.78 is 0. The first-order chi connectivity index (χ1) is 7.02. The van der Waals surface area contributed by atoms with Crippen molar-refractivity contribution in [2.45, 2.75) is 25.2 Å². The van der Waals surface area contributed by atoms with Crippen molar-refractivity contribution in [2.75, 3.05) is 5.75 Å². The van der Waals surface area contributed by atoms with Crippen LogP contribution >= 0.6 is 11.8 Å². The lowest BCUT2D eigenvalue weighted by molar-refractivity contribution is 0.500. The molecule has 0 spiro atoms. The van der Waals surface area contributed by atoms with Crippen molar-refractivity contribution in [1.82, 2.24) is 4.98 Å². The molecular weight excluding hydrogens is 206 g/mol. The maximum atomic E-state index is 7.44. The third kappa shape index (κ3) is 3.91. The Bertz CT molecular complexity index is 322. The Balaban J connectivity index is 2.37. The molecule has 1 rings (SSSR count). The Hall–Kier alpha value is -1.03. The highest BCUT2D eigenvalue weighted by atomic mass is 32.2. The monoisotopic (exact) mass is 223 g/mol. The Morgan fingerprint density at radius 3 is 2.60 bits per heavy atom. The van der Waals surface area contributed by atoms with Gasteiger partial charge in [-0.05, 0) is 24.3 Å². The van der Waals surface area contributed by atoms with Crippen LogP contribution in [0.15, 0.2) is 29.4 Å². The van der Waals surface area contributed by atoms with E-state index >= 15 is 0 Å². The third-order valence-electron chi connectivity index (χ3n) is 2.37. The summed E-state index contributed by atoms with van der Waals surface area (Å²) in [4.78, 5) is 5.18. The third-order valence-corrected chi connectivity index (χ3v) is 3.39. The van der Waals surface area contributed by atoms with Gasteiger partial charge in [0, 0.05) is 22.7 Å². The van der Waals surface area contributed by atoms with E-state index < -0.39 is 0 Å². The van der Waals surface area contributed by atoms with Crippen LogP contribution in [0, 0.1) is 10.8 Å². The van der Waals surface area contributed by atoms with Crippen LogP contribution in [0.1, 0.15) is 20.3 Å². The van der Waals surface area contributed by atoms with Crippen molar-refractivity contribution in [2.24, 2.45) is 11.1 Å². The van der Waals surface area contributed by atoms with Gasteiger partial charge in [-0.2, -0.15) is 0 Å². The van der Waals surface area contributed by atoms with Crippen LogP contribution in [-0.4, -0.2) is 16.6 Å². The molecule has 0 saturated carbocycles. The van der Waals surface area contributed by atoms with Gasteiger partial charge >= 0.3 is 0 Å². The lowest BCUT2D eigenvalue weighted by Crippen LogP contribution is -2.31. The molecule has 0 atom stereocenters. The van der Waals surface area contributed by atoms with E-state index in [4.69, 9.17) is 11.1 Å². The minimum absolute atomic E-state index is 0.194. The van der Waals surface area contributed by atoms with Gasteiger partial charge in [0.25, 0.3) is 0 Å². The van der Waals surface area contributed by atoms with E-state index in [-0.39, 0.29) is 11.3 Å². The summed E-state index contributed by atoms with van der Waals surface area (Å²) in [5, 5.41) is 7.44. The molecule has 0 aliphatic heterocycles. The Labute approximate surface area is 95.0 Å². The smallest absolute Gasteiger partial charge is 0.0963 e. The number of hydrogen-bond donors (Lipinski definition) is 2. The molecule has 0 bridgehead atoms. The molecule has 15 heavy (non-hydrogen) atoms. The van der Waals surface area contributed by atoms with Crippen LogP contribution in [0.5, 0.6) is 0 Å². The summed E-state index contributed by atoms with van der Waals surface area (Å²) in [6.07, 6.45) is 4.49. The van der Waals surface area contributed by atoms with Gasteiger partial charge in [-0.1, -0.05) is 13.8 Å². The number of nitrogens with two attached hydrogens (primary N) is 1. The Morgan fingerprint density at radius 2 is 2.07 bits per heavy atom. The molecule has 0 saturated heterocycles. The molecule has 0 aromatic carbocycles. The molecule has 0 amide bonds. The van der Waals surface area contributed by atoms with Crippen LogP contribution in [0.4, 0.5) is 0 Å². The van der Waals surface area contributed by atoms with Crippen LogP contribution < -0.4 is 5.73 Å². The van der Waals surface area contributed by atoms with E-state index in [2.05, 4.69) is 4.98 Å². The minimum Gasteiger partial charge on any atom is -0.387 e. The van der Waals surface area contributed by atoms with E-state index in [0.29, 0.717) is 0 Å². The van der Waals surface area contributed by atoms with Crippen LogP contribution in [-0.2, 0) is 0 Å².